The number of carbonyl (C=O) groups is 1. The molecule has 1 aliphatic heterocycles. The van der Waals surface area contributed by atoms with Gasteiger partial charge in [-0.15, -0.1) is 0 Å². The van der Waals surface area contributed by atoms with Gasteiger partial charge in [0, 0.05) is 16.7 Å². The van der Waals surface area contributed by atoms with Crippen LogP contribution in [0.5, 0.6) is 0 Å². The van der Waals surface area contributed by atoms with Gasteiger partial charge in [-0.3, -0.25) is 4.79 Å². The molecule has 2 heterocycles. The molecule has 1 saturated heterocycles. The van der Waals surface area contributed by atoms with Crippen molar-refractivity contribution in [1.82, 2.24) is 10.3 Å². The van der Waals surface area contributed by atoms with Crippen LogP contribution in [0.15, 0.2) is 46.9 Å². The van der Waals surface area contributed by atoms with Gasteiger partial charge in [0.25, 0.3) is 0 Å². The first-order valence-corrected chi connectivity index (χ1v) is 7.97. The molecule has 0 saturated carbocycles. The zero-order chi connectivity index (χ0) is 16.7. The second-order valence-corrected chi connectivity index (χ2v) is 6.52. The summed E-state index contributed by atoms with van der Waals surface area (Å²) in [5.41, 5.74) is 2.60. The molecule has 1 atom stereocenters. The maximum Gasteiger partial charge on any atom is 0.246 e. The number of benzene rings is 2. The van der Waals surface area contributed by atoms with Gasteiger partial charge in [-0.25, -0.2) is 4.98 Å². The highest BCUT2D eigenvalue weighted by Gasteiger charge is 2.33. The van der Waals surface area contributed by atoms with Gasteiger partial charge in [-0.1, -0.05) is 23.7 Å². The Labute approximate surface area is 143 Å². The van der Waals surface area contributed by atoms with Crippen LogP contribution in [0, 0.1) is 0 Å². The number of oxazole rings is 1. The molecule has 6 heteroatoms. The number of hydrogen-bond donors (Lipinski definition) is 1. The highest BCUT2D eigenvalue weighted by molar-refractivity contribution is 6.31. The fraction of sp³-hybridized carbons (Fsp3) is 0.222. The average Bonchev–Trinajstić information content (AvgIpc) is 2.98. The summed E-state index contributed by atoms with van der Waals surface area (Å²) in [5, 5.41) is 3.59. The monoisotopic (exact) mass is 342 g/mol. The molecule has 0 bridgehead atoms. The van der Waals surface area contributed by atoms with E-state index in [0.29, 0.717) is 23.1 Å². The van der Waals surface area contributed by atoms with Crippen LogP contribution in [-0.4, -0.2) is 24.1 Å². The van der Waals surface area contributed by atoms with Gasteiger partial charge >= 0.3 is 0 Å². The van der Waals surface area contributed by atoms with Crippen LogP contribution in [0.3, 0.4) is 0 Å². The number of morpholine rings is 1. The first kappa shape index (κ1) is 15.2. The van der Waals surface area contributed by atoms with E-state index in [-0.39, 0.29) is 12.5 Å². The van der Waals surface area contributed by atoms with E-state index in [1.165, 1.54) is 0 Å². The lowest BCUT2D eigenvalue weighted by Crippen LogP contribution is -2.52. The van der Waals surface area contributed by atoms with E-state index >= 15 is 0 Å². The SMILES string of the molecule is CC1(c2cccc(-c3nc4ccc(Cl)cc4o3)c2)COCC(=O)N1. The molecule has 24 heavy (non-hydrogen) atoms. The highest BCUT2D eigenvalue weighted by atomic mass is 35.5. The Bertz CT molecular complexity index is 937. The lowest BCUT2D eigenvalue weighted by atomic mass is 9.90. The van der Waals surface area contributed by atoms with Crippen LogP contribution in [0.1, 0.15) is 12.5 Å². The van der Waals surface area contributed by atoms with Gasteiger partial charge in [-0.05, 0) is 36.8 Å². The van der Waals surface area contributed by atoms with Crippen molar-refractivity contribution in [2.45, 2.75) is 12.5 Å². The molecule has 0 spiro atoms. The minimum absolute atomic E-state index is 0.0984. The second kappa shape index (κ2) is 5.61. The molecule has 1 fully saturated rings. The normalized spacial score (nSPS) is 21.0. The van der Waals surface area contributed by atoms with Gasteiger partial charge in [-0.2, -0.15) is 0 Å². The Balaban J connectivity index is 1.75. The van der Waals surface area contributed by atoms with E-state index in [0.717, 1.165) is 16.6 Å². The molecule has 3 aromatic rings. The van der Waals surface area contributed by atoms with E-state index in [9.17, 15) is 4.79 Å². The molecule has 2 aromatic carbocycles. The van der Waals surface area contributed by atoms with E-state index in [1.807, 2.05) is 37.3 Å². The summed E-state index contributed by atoms with van der Waals surface area (Å²) in [6.07, 6.45) is 0. The minimum atomic E-state index is -0.569. The van der Waals surface area contributed by atoms with Crippen LogP contribution in [0.25, 0.3) is 22.6 Å². The number of hydrogen-bond acceptors (Lipinski definition) is 4. The summed E-state index contributed by atoms with van der Waals surface area (Å²) in [5.74, 6) is 0.395. The highest BCUT2D eigenvalue weighted by Crippen LogP contribution is 2.30. The minimum Gasteiger partial charge on any atom is -0.436 e. The first-order chi connectivity index (χ1) is 11.5. The number of nitrogens with one attached hydrogen (secondary N) is 1. The van der Waals surface area contributed by atoms with Gasteiger partial charge < -0.3 is 14.5 Å². The zero-order valence-corrected chi connectivity index (χ0v) is 13.8. The van der Waals surface area contributed by atoms with Crippen LogP contribution in [-0.2, 0) is 15.1 Å². The lowest BCUT2D eigenvalue weighted by molar-refractivity contribution is -0.135. The topological polar surface area (TPSA) is 64.4 Å². The van der Waals surface area contributed by atoms with Crippen molar-refractivity contribution in [2.24, 2.45) is 0 Å². The van der Waals surface area contributed by atoms with Gasteiger partial charge in [0.1, 0.15) is 12.1 Å². The van der Waals surface area contributed by atoms with Crippen molar-refractivity contribution in [1.29, 1.82) is 0 Å². The number of halogens is 1. The predicted octanol–water partition coefficient (Wildman–Crippen LogP) is 3.51. The van der Waals surface area contributed by atoms with Crippen LogP contribution < -0.4 is 5.32 Å². The zero-order valence-electron chi connectivity index (χ0n) is 13.0. The summed E-state index contributed by atoms with van der Waals surface area (Å²) in [4.78, 5) is 16.2. The third kappa shape index (κ3) is 2.66. The van der Waals surface area contributed by atoms with E-state index in [2.05, 4.69) is 10.3 Å². The van der Waals surface area contributed by atoms with E-state index < -0.39 is 5.54 Å². The maximum absolute atomic E-state index is 11.7. The maximum atomic E-state index is 11.7. The molecule has 1 amide bonds. The number of amides is 1. The van der Waals surface area contributed by atoms with Crippen molar-refractivity contribution in [3.05, 3.63) is 53.1 Å². The summed E-state index contributed by atoms with van der Waals surface area (Å²) in [6.45, 7) is 2.46. The first-order valence-electron chi connectivity index (χ1n) is 7.59. The Hall–Kier alpha value is -2.37. The van der Waals surface area contributed by atoms with Gasteiger partial charge in [0.2, 0.25) is 11.8 Å². The van der Waals surface area contributed by atoms with Crippen LogP contribution in [0.4, 0.5) is 0 Å². The van der Waals surface area contributed by atoms with Crippen molar-refractivity contribution < 1.29 is 13.9 Å². The van der Waals surface area contributed by atoms with E-state index in [1.54, 1.807) is 12.1 Å². The lowest BCUT2D eigenvalue weighted by Gasteiger charge is -2.35. The number of nitrogens with zero attached hydrogens (tertiary/aromatic N) is 1. The summed E-state index contributed by atoms with van der Waals surface area (Å²) >= 11 is 5.99. The Kier molecular flexibility index (Phi) is 3.55. The molecule has 1 N–H and O–H groups in total. The number of carbonyl (C=O) groups excluding carboxylic acids is 1. The summed E-state index contributed by atoms with van der Waals surface area (Å²) < 4.78 is 11.2. The fourth-order valence-electron chi connectivity index (χ4n) is 2.90. The molecule has 4 rings (SSSR count). The molecule has 1 aromatic heterocycles. The number of aromatic nitrogens is 1. The molecule has 0 aliphatic carbocycles. The molecular weight excluding hydrogens is 328 g/mol. The van der Waals surface area contributed by atoms with Crippen molar-refractivity contribution in [2.75, 3.05) is 13.2 Å². The molecule has 0 radical (unpaired) electrons. The molecule has 1 aliphatic rings. The third-order valence-electron chi connectivity index (χ3n) is 4.14. The standard InChI is InChI=1S/C18H15ClN2O3/c1-18(10-23-9-16(22)21-18)12-4-2-3-11(7-12)17-20-14-6-5-13(19)8-15(14)24-17/h2-8H,9-10H2,1H3,(H,21,22). The quantitative estimate of drug-likeness (QED) is 0.774. The van der Waals surface area contributed by atoms with E-state index in [4.69, 9.17) is 20.8 Å². The Morgan fingerprint density at radius 3 is 2.96 bits per heavy atom. The van der Waals surface area contributed by atoms with Crippen molar-refractivity contribution >= 4 is 28.6 Å². The number of rotatable bonds is 2. The summed E-state index contributed by atoms with van der Waals surface area (Å²) in [7, 11) is 0. The van der Waals surface area contributed by atoms with Crippen LogP contribution in [0.2, 0.25) is 5.02 Å². The molecule has 1 unspecified atom stereocenters. The largest absolute Gasteiger partial charge is 0.436 e. The smallest absolute Gasteiger partial charge is 0.246 e. The van der Waals surface area contributed by atoms with Crippen molar-refractivity contribution in [3.63, 3.8) is 0 Å². The number of ether oxygens (including phenoxy) is 1. The fourth-order valence-corrected chi connectivity index (χ4v) is 3.06. The second-order valence-electron chi connectivity index (χ2n) is 6.08. The Morgan fingerprint density at radius 2 is 2.12 bits per heavy atom. The molecule has 5 nitrogen and oxygen atoms in total. The van der Waals surface area contributed by atoms with Crippen molar-refractivity contribution in [3.8, 4) is 11.5 Å². The predicted molar refractivity (Wildman–Crippen MR) is 90.8 cm³/mol. The molecule has 122 valence electrons. The average molecular weight is 343 g/mol. The summed E-state index contributed by atoms with van der Waals surface area (Å²) in [6, 6.07) is 13.1. The van der Waals surface area contributed by atoms with Crippen LogP contribution >= 0.6 is 11.6 Å². The number of fused-ring (bicyclic) bond motifs is 1. The van der Waals surface area contributed by atoms with Gasteiger partial charge in [0.05, 0.1) is 12.1 Å². The van der Waals surface area contributed by atoms with Gasteiger partial charge in [0.15, 0.2) is 5.58 Å². The third-order valence-corrected chi connectivity index (χ3v) is 4.37. The molecular formula is C18H15ClN2O3. The Morgan fingerprint density at radius 1 is 1.25 bits per heavy atom.